The Balaban J connectivity index is 1.82. The molecule has 0 saturated heterocycles. The molecule has 0 aliphatic heterocycles. The lowest BCUT2D eigenvalue weighted by molar-refractivity contribution is -0.140. The summed E-state index contributed by atoms with van der Waals surface area (Å²) in [5.74, 6) is -0.854. The van der Waals surface area contributed by atoms with Crippen LogP contribution in [0.4, 0.5) is 5.69 Å². The molecule has 0 unspecified atom stereocenters. The van der Waals surface area contributed by atoms with E-state index in [1.807, 2.05) is 76.2 Å². The highest BCUT2D eigenvalue weighted by molar-refractivity contribution is 7.92. The van der Waals surface area contributed by atoms with Crippen molar-refractivity contribution in [1.29, 1.82) is 0 Å². The van der Waals surface area contributed by atoms with Crippen LogP contribution in [-0.2, 0) is 32.6 Å². The van der Waals surface area contributed by atoms with Crippen LogP contribution in [0.15, 0.2) is 108 Å². The summed E-state index contributed by atoms with van der Waals surface area (Å²) in [6, 6.07) is 28.9. The zero-order valence-electron chi connectivity index (χ0n) is 25.4. The van der Waals surface area contributed by atoms with Gasteiger partial charge in [0, 0.05) is 24.0 Å². The van der Waals surface area contributed by atoms with Crippen molar-refractivity contribution in [2.45, 2.75) is 57.6 Å². The lowest BCUT2D eigenvalue weighted by Crippen LogP contribution is -2.54. The van der Waals surface area contributed by atoms with E-state index in [0.717, 1.165) is 15.4 Å². The van der Waals surface area contributed by atoms with E-state index in [4.69, 9.17) is 11.6 Å². The largest absolute Gasteiger partial charge is 0.352 e. The third-order valence-electron chi connectivity index (χ3n) is 7.18. The SMILES string of the molecule is Cc1ccc(N(CC(=O)N(Cc2cccc(Cl)c2)[C@H](Cc2ccccc2)C(=O)NC(C)C)S(=O)(=O)c2ccccc2)c(C)c1. The van der Waals surface area contributed by atoms with E-state index in [2.05, 4.69) is 5.32 Å². The highest BCUT2D eigenvalue weighted by Crippen LogP contribution is 2.28. The van der Waals surface area contributed by atoms with Crippen LogP contribution in [0.2, 0.25) is 5.02 Å². The first-order chi connectivity index (χ1) is 21.0. The molecule has 4 aromatic carbocycles. The van der Waals surface area contributed by atoms with Crippen LogP contribution < -0.4 is 9.62 Å². The molecule has 4 aromatic rings. The van der Waals surface area contributed by atoms with Crippen LogP contribution in [-0.4, -0.2) is 43.8 Å². The molecule has 0 saturated carbocycles. The van der Waals surface area contributed by atoms with Gasteiger partial charge in [-0.1, -0.05) is 90.0 Å². The molecular weight excluding hydrogens is 594 g/mol. The molecule has 0 fully saturated rings. The van der Waals surface area contributed by atoms with Crippen LogP contribution >= 0.6 is 11.6 Å². The molecule has 1 N–H and O–H groups in total. The van der Waals surface area contributed by atoms with Crippen molar-refractivity contribution in [3.8, 4) is 0 Å². The molecule has 0 heterocycles. The van der Waals surface area contributed by atoms with Crippen LogP contribution in [0, 0.1) is 13.8 Å². The minimum absolute atomic E-state index is 0.0501. The van der Waals surface area contributed by atoms with Gasteiger partial charge in [0.2, 0.25) is 11.8 Å². The van der Waals surface area contributed by atoms with Gasteiger partial charge in [-0.15, -0.1) is 0 Å². The Kier molecular flexibility index (Phi) is 10.8. The van der Waals surface area contributed by atoms with Crippen molar-refractivity contribution >= 4 is 39.1 Å². The van der Waals surface area contributed by atoms with Crippen molar-refractivity contribution in [2.24, 2.45) is 0 Å². The first kappa shape index (κ1) is 32.8. The van der Waals surface area contributed by atoms with Crippen molar-refractivity contribution < 1.29 is 18.0 Å². The predicted octanol–water partition coefficient (Wildman–Crippen LogP) is 6.32. The van der Waals surface area contributed by atoms with Crippen LogP contribution in [0.3, 0.4) is 0 Å². The number of benzene rings is 4. The Morgan fingerprint density at radius 1 is 0.818 bits per heavy atom. The monoisotopic (exact) mass is 631 g/mol. The maximum Gasteiger partial charge on any atom is 0.264 e. The van der Waals surface area contributed by atoms with Gasteiger partial charge in [-0.05, 0) is 74.7 Å². The Morgan fingerprint density at radius 2 is 1.45 bits per heavy atom. The van der Waals surface area contributed by atoms with Gasteiger partial charge in [-0.25, -0.2) is 8.42 Å². The Hall–Kier alpha value is -4.14. The molecule has 0 aliphatic carbocycles. The minimum Gasteiger partial charge on any atom is -0.352 e. The minimum atomic E-state index is -4.16. The zero-order valence-corrected chi connectivity index (χ0v) is 27.0. The number of halogens is 1. The number of rotatable bonds is 12. The van der Waals surface area contributed by atoms with Crippen molar-refractivity contribution in [3.63, 3.8) is 0 Å². The summed E-state index contributed by atoms with van der Waals surface area (Å²) in [4.78, 5) is 29.8. The number of amides is 2. The number of nitrogens with zero attached hydrogens (tertiary/aromatic N) is 2. The maximum absolute atomic E-state index is 14.5. The summed E-state index contributed by atoms with van der Waals surface area (Å²) in [6.07, 6.45) is 0.237. The fourth-order valence-electron chi connectivity index (χ4n) is 5.08. The highest BCUT2D eigenvalue weighted by Gasteiger charge is 2.35. The van der Waals surface area contributed by atoms with Gasteiger partial charge in [0.25, 0.3) is 10.0 Å². The average molecular weight is 632 g/mol. The van der Waals surface area contributed by atoms with Gasteiger partial charge >= 0.3 is 0 Å². The zero-order chi connectivity index (χ0) is 31.9. The molecule has 9 heteroatoms. The van der Waals surface area contributed by atoms with E-state index in [-0.39, 0.29) is 29.8 Å². The molecular formula is C35H38ClN3O4S. The second-order valence-corrected chi connectivity index (χ2v) is 13.4. The summed E-state index contributed by atoms with van der Waals surface area (Å²) >= 11 is 6.30. The van der Waals surface area contributed by atoms with E-state index in [1.54, 1.807) is 42.5 Å². The van der Waals surface area contributed by atoms with Gasteiger partial charge in [-0.2, -0.15) is 0 Å². The summed E-state index contributed by atoms with van der Waals surface area (Å²) in [7, 11) is -4.16. The summed E-state index contributed by atoms with van der Waals surface area (Å²) < 4.78 is 29.4. The molecule has 0 aliphatic rings. The van der Waals surface area contributed by atoms with Crippen LogP contribution in [0.5, 0.6) is 0 Å². The second kappa shape index (κ2) is 14.6. The smallest absolute Gasteiger partial charge is 0.264 e. The quantitative estimate of drug-likeness (QED) is 0.198. The normalized spacial score (nSPS) is 12.0. The van der Waals surface area contributed by atoms with Gasteiger partial charge in [-0.3, -0.25) is 13.9 Å². The lowest BCUT2D eigenvalue weighted by atomic mass is 10.0. The third kappa shape index (κ3) is 8.27. The van der Waals surface area contributed by atoms with E-state index in [9.17, 15) is 18.0 Å². The molecule has 230 valence electrons. The van der Waals surface area contributed by atoms with E-state index >= 15 is 0 Å². The number of nitrogens with one attached hydrogen (secondary N) is 1. The average Bonchev–Trinajstić information content (AvgIpc) is 2.98. The van der Waals surface area contributed by atoms with Crippen molar-refractivity contribution in [3.05, 3.63) is 130 Å². The van der Waals surface area contributed by atoms with Crippen molar-refractivity contribution in [1.82, 2.24) is 10.2 Å². The molecule has 1 atom stereocenters. The molecule has 0 radical (unpaired) electrons. The number of carbonyl (C=O) groups excluding carboxylic acids is 2. The molecule has 44 heavy (non-hydrogen) atoms. The van der Waals surface area contributed by atoms with Crippen LogP contribution in [0.1, 0.15) is 36.1 Å². The Labute approximate surface area is 265 Å². The molecule has 0 aromatic heterocycles. The molecule has 4 rings (SSSR count). The standard InChI is InChI=1S/C35H38ClN3O4S/c1-25(2)37-35(41)33(22-28-12-7-5-8-13-28)38(23-29-14-11-15-30(36)21-29)34(40)24-39(32-19-18-26(3)20-27(32)4)44(42,43)31-16-9-6-10-17-31/h5-21,25,33H,22-24H2,1-4H3,(H,37,41)/t33-/m1/s1. The molecule has 0 spiro atoms. The fourth-order valence-corrected chi connectivity index (χ4v) is 6.80. The number of sulfonamides is 1. The van der Waals surface area contributed by atoms with Gasteiger partial charge in [0.15, 0.2) is 0 Å². The number of aryl methyl sites for hydroxylation is 2. The van der Waals surface area contributed by atoms with Gasteiger partial charge in [0.1, 0.15) is 12.6 Å². The van der Waals surface area contributed by atoms with Crippen molar-refractivity contribution in [2.75, 3.05) is 10.8 Å². The number of anilines is 1. The van der Waals surface area contributed by atoms with Gasteiger partial charge < -0.3 is 10.2 Å². The predicted molar refractivity (Wildman–Crippen MR) is 176 cm³/mol. The fraction of sp³-hybridized carbons (Fsp3) is 0.257. The van der Waals surface area contributed by atoms with Gasteiger partial charge in [0.05, 0.1) is 10.6 Å². The Morgan fingerprint density at radius 3 is 2.07 bits per heavy atom. The molecule has 2 amide bonds. The van der Waals surface area contributed by atoms with E-state index in [0.29, 0.717) is 21.8 Å². The number of hydrogen-bond acceptors (Lipinski definition) is 4. The topological polar surface area (TPSA) is 86.8 Å². The third-order valence-corrected chi connectivity index (χ3v) is 9.18. The highest BCUT2D eigenvalue weighted by atomic mass is 35.5. The Bertz CT molecular complexity index is 1700. The first-order valence-corrected chi connectivity index (χ1v) is 16.3. The summed E-state index contributed by atoms with van der Waals surface area (Å²) in [6.45, 7) is 6.99. The second-order valence-electron chi connectivity index (χ2n) is 11.1. The van der Waals surface area contributed by atoms with E-state index in [1.165, 1.54) is 17.0 Å². The number of carbonyl (C=O) groups is 2. The van der Waals surface area contributed by atoms with E-state index < -0.39 is 28.5 Å². The summed E-state index contributed by atoms with van der Waals surface area (Å²) in [5, 5.41) is 3.45. The number of hydrogen-bond donors (Lipinski definition) is 1. The lowest BCUT2D eigenvalue weighted by Gasteiger charge is -2.34. The van der Waals surface area contributed by atoms with Crippen LogP contribution in [0.25, 0.3) is 0 Å². The molecule has 0 bridgehead atoms. The maximum atomic E-state index is 14.5. The first-order valence-electron chi connectivity index (χ1n) is 14.5. The molecule has 7 nitrogen and oxygen atoms in total. The summed E-state index contributed by atoms with van der Waals surface area (Å²) in [5.41, 5.74) is 3.64.